The van der Waals surface area contributed by atoms with Gasteiger partial charge in [0.1, 0.15) is 0 Å². The highest BCUT2D eigenvalue weighted by Gasteiger charge is 2.16. The summed E-state index contributed by atoms with van der Waals surface area (Å²) in [5.41, 5.74) is 24.0. The van der Waals surface area contributed by atoms with Crippen LogP contribution in [0.4, 0.5) is 11.4 Å². The Hall–Kier alpha value is -3.52. The van der Waals surface area contributed by atoms with E-state index in [-0.39, 0.29) is 0 Å². The van der Waals surface area contributed by atoms with Crippen molar-refractivity contribution in [1.82, 2.24) is 0 Å². The molecule has 4 rings (SSSR count). The molecule has 0 aliphatic rings. The van der Waals surface area contributed by atoms with Gasteiger partial charge in [0.2, 0.25) is 0 Å². The van der Waals surface area contributed by atoms with Gasteiger partial charge in [0.05, 0.1) is 0 Å². The molecule has 2 nitrogen and oxygen atoms in total. The van der Waals surface area contributed by atoms with Crippen molar-refractivity contribution in [2.24, 2.45) is 0 Å². The second kappa shape index (κ2) is 9.74. The Bertz CT molecular complexity index is 1130. The fourth-order valence-electron chi connectivity index (χ4n) is 4.58. The van der Waals surface area contributed by atoms with E-state index in [0.29, 0.717) is 0 Å². The van der Waals surface area contributed by atoms with Crippen molar-refractivity contribution in [3.8, 4) is 33.4 Å². The number of hydrogen-bond acceptors (Lipinski definition) is 2. The molecule has 162 valence electrons. The molecular weight excluding hydrogens is 388 g/mol. The fourth-order valence-corrected chi connectivity index (χ4v) is 4.58. The van der Waals surface area contributed by atoms with Gasteiger partial charge in [-0.3, -0.25) is 0 Å². The summed E-state index contributed by atoms with van der Waals surface area (Å²) >= 11 is 0. The predicted octanol–water partition coefficient (Wildman–Crippen LogP) is 7.76. The first-order valence-electron chi connectivity index (χ1n) is 11.6. The molecule has 0 saturated heterocycles. The van der Waals surface area contributed by atoms with E-state index in [0.717, 1.165) is 37.1 Å². The van der Waals surface area contributed by atoms with Crippen molar-refractivity contribution in [3.63, 3.8) is 0 Å². The van der Waals surface area contributed by atoms with Crippen molar-refractivity contribution in [1.29, 1.82) is 0 Å². The maximum atomic E-state index is 6.28. The molecule has 32 heavy (non-hydrogen) atoms. The first kappa shape index (κ1) is 21.7. The summed E-state index contributed by atoms with van der Waals surface area (Å²) in [7, 11) is 0. The molecule has 0 unspecified atom stereocenters. The topological polar surface area (TPSA) is 52.0 Å². The quantitative estimate of drug-likeness (QED) is 0.300. The van der Waals surface area contributed by atoms with E-state index in [4.69, 9.17) is 11.5 Å². The summed E-state index contributed by atoms with van der Waals surface area (Å²) in [5.74, 6) is 0. The summed E-state index contributed by atoms with van der Waals surface area (Å²) in [4.78, 5) is 0. The molecule has 0 amide bonds. The molecule has 0 saturated carbocycles. The van der Waals surface area contributed by atoms with Gasteiger partial charge in [-0.05, 0) is 81.6 Å². The van der Waals surface area contributed by atoms with Crippen LogP contribution in [0.3, 0.4) is 0 Å². The highest BCUT2D eigenvalue weighted by atomic mass is 14.5. The van der Waals surface area contributed by atoms with Crippen molar-refractivity contribution in [2.45, 2.75) is 39.5 Å². The minimum Gasteiger partial charge on any atom is -0.399 e. The van der Waals surface area contributed by atoms with Gasteiger partial charge in [-0.1, -0.05) is 87.4 Å². The summed E-state index contributed by atoms with van der Waals surface area (Å²) in [6.45, 7) is 4.44. The van der Waals surface area contributed by atoms with E-state index in [1.54, 1.807) is 0 Å². The van der Waals surface area contributed by atoms with Crippen LogP contribution in [0.5, 0.6) is 0 Å². The molecule has 0 bridgehead atoms. The van der Waals surface area contributed by atoms with Crippen molar-refractivity contribution in [2.75, 3.05) is 11.5 Å². The standard InChI is InChI=1S/C30H32N2/c1-3-9-21-11-5-7-13-25(21)29-19-23(31)15-17-27(29)28-18-16-24(32)20-30(28)26-14-8-6-12-22(26)10-4-2/h5-8,11-20H,3-4,9-10,31-32H2,1-2H3. The lowest BCUT2D eigenvalue weighted by Gasteiger charge is -2.19. The minimum absolute atomic E-state index is 0.776. The molecule has 0 spiro atoms. The highest BCUT2D eigenvalue weighted by molar-refractivity contribution is 5.94. The van der Waals surface area contributed by atoms with Gasteiger partial charge in [-0.25, -0.2) is 0 Å². The summed E-state index contributed by atoms with van der Waals surface area (Å²) in [6, 6.07) is 29.9. The number of rotatable bonds is 7. The first-order valence-corrected chi connectivity index (χ1v) is 11.6. The Morgan fingerprint density at radius 2 is 0.875 bits per heavy atom. The van der Waals surface area contributed by atoms with Crippen LogP contribution in [0.1, 0.15) is 37.8 Å². The van der Waals surface area contributed by atoms with E-state index in [2.05, 4.69) is 86.6 Å². The van der Waals surface area contributed by atoms with Crippen LogP contribution in [0.25, 0.3) is 33.4 Å². The van der Waals surface area contributed by atoms with Crippen molar-refractivity contribution < 1.29 is 0 Å². The van der Waals surface area contributed by atoms with E-state index < -0.39 is 0 Å². The van der Waals surface area contributed by atoms with Crippen LogP contribution in [-0.4, -0.2) is 0 Å². The van der Waals surface area contributed by atoms with Crippen LogP contribution >= 0.6 is 0 Å². The molecule has 2 heteroatoms. The Balaban J connectivity index is 1.98. The van der Waals surface area contributed by atoms with E-state index >= 15 is 0 Å². The van der Waals surface area contributed by atoms with Crippen LogP contribution in [0, 0.1) is 0 Å². The van der Waals surface area contributed by atoms with E-state index in [9.17, 15) is 0 Å². The lowest BCUT2D eigenvalue weighted by atomic mass is 9.85. The third kappa shape index (κ3) is 4.40. The third-order valence-corrected chi connectivity index (χ3v) is 6.03. The summed E-state index contributed by atoms with van der Waals surface area (Å²) < 4.78 is 0. The van der Waals surface area contributed by atoms with Crippen LogP contribution in [0.15, 0.2) is 84.9 Å². The SMILES string of the molecule is CCCc1ccccc1-c1cc(N)ccc1-c1ccc(N)cc1-c1ccccc1CCC. The van der Waals surface area contributed by atoms with Crippen molar-refractivity contribution in [3.05, 3.63) is 96.1 Å². The number of nitrogens with two attached hydrogens (primary N) is 2. The normalized spacial score (nSPS) is 10.9. The second-order valence-electron chi connectivity index (χ2n) is 8.42. The number of nitrogen functional groups attached to an aromatic ring is 2. The molecule has 4 aromatic rings. The molecular formula is C30H32N2. The van der Waals surface area contributed by atoms with Crippen LogP contribution < -0.4 is 11.5 Å². The zero-order valence-electron chi connectivity index (χ0n) is 19.1. The maximum Gasteiger partial charge on any atom is 0.0320 e. The zero-order valence-corrected chi connectivity index (χ0v) is 19.1. The Morgan fingerprint density at radius 1 is 0.469 bits per heavy atom. The monoisotopic (exact) mass is 420 g/mol. The van der Waals surface area contributed by atoms with E-state index in [1.807, 2.05) is 12.1 Å². The van der Waals surface area contributed by atoms with E-state index in [1.165, 1.54) is 44.5 Å². The molecule has 4 aromatic carbocycles. The fraction of sp³-hybridized carbons (Fsp3) is 0.200. The highest BCUT2D eigenvalue weighted by Crippen LogP contribution is 2.42. The van der Waals surface area contributed by atoms with Gasteiger partial charge < -0.3 is 11.5 Å². The lowest BCUT2D eigenvalue weighted by molar-refractivity contribution is 0.923. The first-order chi connectivity index (χ1) is 15.6. The average molecular weight is 421 g/mol. The number of aryl methyl sites for hydroxylation is 2. The molecule has 4 N–H and O–H groups in total. The number of hydrogen-bond donors (Lipinski definition) is 2. The van der Waals surface area contributed by atoms with Gasteiger partial charge in [0.15, 0.2) is 0 Å². The number of anilines is 2. The van der Waals surface area contributed by atoms with Gasteiger partial charge in [-0.15, -0.1) is 0 Å². The Labute approximate surface area is 191 Å². The minimum atomic E-state index is 0.776. The Morgan fingerprint density at radius 3 is 1.28 bits per heavy atom. The van der Waals surface area contributed by atoms with Gasteiger partial charge in [-0.2, -0.15) is 0 Å². The Kier molecular flexibility index (Phi) is 6.61. The van der Waals surface area contributed by atoms with Crippen molar-refractivity contribution >= 4 is 11.4 Å². The molecule has 0 atom stereocenters. The smallest absolute Gasteiger partial charge is 0.0320 e. The van der Waals surface area contributed by atoms with Gasteiger partial charge in [0.25, 0.3) is 0 Å². The summed E-state index contributed by atoms with van der Waals surface area (Å²) in [6.07, 6.45) is 4.29. The summed E-state index contributed by atoms with van der Waals surface area (Å²) in [5, 5.41) is 0. The molecule has 0 aliphatic carbocycles. The molecule has 0 radical (unpaired) electrons. The molecule has 0 aliphatic heterocycles. The zero-order chi connectivity index (χ0) is 22.5. The van der Waals surface area contributed by atoms with Gasteiger partial charge >= 0.3 is 0 Å². The molecule has 0 heterocycles. The van der Waals surface area contributed by atoms with Gasteiger partial charge in [0, 0.05) is 11.4 Å². The number of benzene rings is 4. The molecule has 0 aromatic heterocycles. The van der Waals surface area contributed by atoms with Crippen LogP contribution in [0.2, 0.25) is 0 Å². The maximum absolute atomic E-state index is 6.28. The third-order valence-electron chi connectivity index (χ3n) is 6.03. The second-order valence-corrected chi connectivity index (χ2v) is 8.42. The average Bonchev–Trinajstić information content (AvgIpc) is 2.80. The largest absolute Gasteiger partial charge is 0.399 e. The predicted molar refractivity (Wildman–Crippen MR) is 140 cm³/mol. The molecule has 0 fully saturated rings. The van der Waals surface area contributed by atoms with Crippen LogP contribution in [-0.2, 0) is 12.8 Å². The lowest BCUT2D eigenvalue weighted by Crippen LogP contribution is -1.97.